The van der Waals surface area contributed by atoms with Crippen LogP contribution in [0.3, 0.4) is 0 Å². The third-order valence-corrected chi connectivity index (χ3v) is 7.13. The van der Waals surface area contributed by atoms with E-state index in [-0.39, 0.29) is 36.9 Å². The number of benzene rings is 2. The lowest BCUT2D eigenvalue weighted by Crippen LogP contribution is -2.36. The number of hydrogen-bond donors (Lipinski definition) is 3. The summed E-state index contributed by atoms with van der Waals surface area (Å²) in [6, 6.07) is 12.8. The van der Waals surface area contributed by atoms with Gasteiger partial charge in [0.15, 0.2) is 9.84 Å². The maximum absolute atomic E-state index is 12.5. The summed E-state index contributed by atoms with van der Waals surface area (Å²) in [5.74, 6) is -0.783. The summed E-state index contributed by atoms with van der Waals surface area (Å²) in [5.41, 5.74) is 12.3. The summed E-state index contributed by atoms with van der Waals surface area (Å²) in [4.78, 5) is 7.48. The van der Waals surface area contributed by atoms with Gasteiger partial charge in [-0.25, -0.2) is 13.3 Å². The van der Waals surface area contributed by atoms with E-state index in [9.17, 15) is 16.8 Å². The van der Waals surface area contributed by atoms with Crippen molar-refractivity contribution in [3.8, 4) is 0 Å². The minimum absolute atomic E-state index is 0.0357. The predicted molar refractivity (Wildman–Crippen MR) is 120 cm³/mol. The molecule has 0 unspecified atom stereocenters. The third-order valence-electron chi connectivity index (χ3n) is 4.11. The van der Waals surface area contributed by atoms with Gasteiger partial charge in [-0.15, -0.1) is 0 Å². The fourth-order valence-corrected chi connectivity index (χ4v) is 4.74. The number of hydrogen-bond acceptors (Lipinski definition) is 10. The van der Waals surface area contributed by atoms with Crippen molar-refractivity contribution in [2.75, 3.05) is 49.2 Å². The predicted octanol–water partition coefficient (Wildman–Crippen LogP) is 1.47. The molecule has 0 aliphatic rings. The molecule has 13 heteroatoms. The Labute approximate surface area is 186 Å². The van der Waals surface area contributed by atoms with Crippen molar-refractivity contribution in [3.63, 3.8) is 0 Å². The molecule has 2 aromatic rings. The van der Waals surface area contributed by atoms with E-state index in [4.69, 9.17) is 25.2 Å². The second-order valence-electron chi connectivity index (χ2n) is 6.56. The smallest absolute Gasteiger partial charge is 0.266 e. The quantitative estimate of drug-likeness (QED) is 0.0928. The van der Waals surface area contributed by atoms with E-state index in [1.165, 1.54) is 24.3 Å². The van der Waals surface area contributed by atoms with Gasteiger partial charge in [0, 0.05) is 35.9 Å². The van der Waals surface area contributed by atoms with Crippen molar-refractivity contribution in [2.24, 2.45) is 0 Å². The molecular weight excluding hydrogens is 466 g/mol. The van der Waals surface area contributed by atoms with Gasteiger partial charge < -0.3 is 11.5 Å². The van der Waals surface area contributed by atoms with Gasteiger partial charge in [0.05, 0.1) is 35.1 Å². The maximum atomic E-state index is 12.5. The first-order chi connectivity index (χ1) is 14.5. The van der Waals surface area contributed by atoms with Gasteiger partial charge in [-0.3, -0.25) is 9.45 Å². The van der Waals surface area contributed by atoms with Crippen LogP contribution in [0.15, 0.2) is 58.3 Å². The second kappa shape index (κ2) is 11.7. The molecule has 2 rings (SSSR count). The van der Waals surface area contributed by atoms with Crippen molar-refractivity contribution in [2.45, 2.75) is 9.79 Å². The standard InChI is InChI=1S/C18H25N3O7S3/c19-15-4-6-18(7-5-15)30(22,23)12-9-21(10-13-31(24,25)26)8-11-27-28-29-17-3-1-2-16(20)14-17/h1-7,14H,8-13,19-20H2,(H,24,25,26). The zero-order chi connectivity index (χ0) is 22.9. The lowest BCUT2D eigenvalue weighted by atomic mass is 10.3. The van der Waals surface area contributed by atoms with E-state index in [2.05, 4.69) is 0 Å². The van der Waals surface area contributed by atoms with Gasteiger partial charge >= 0.3 is 0 Å². The van der Waals surface area contributed by atoms with Crippen LogP contribution in [0.25, 0.3) is 0 Å². The molecule has 5 N–H and O–H groups in total. The van der Waals surface area contributed by atoms with Gasteiger partial charge in [-0.2, -0.15) is 12.8 Å². The normalized spacial score (nSPS) is 12.3. The van der Waals surface area contributed by atoms with Crippen LogP contribution in [-0.2, 0) is 29.2 Å². The molecule has 0 bridgehead atoms. The minimum Gasteiger partial charge on any atom is -0.399 e. The van der Waals surface area contributed by atoms with Crippen molar-refractivity contribution in [1.29, 1.82) is 0 Å². The minimum atomic E-state index is -4.20. The van der Waals surface area contributed by atoms with Crippen LogP contribution in [-0.4, -0.2) is 64.0 Å². The molecule has 0 heterocycles. The van der Waals surface area contributed by atoms with Gasteiger partial charge in [0.25, 0.3) is 10.1 Å². The summed E-state index contributed by atoms with van der Waals surface area (Å²) in [6.07, 6.45) is 0. The van der Waals surface area contributed by atoms with Gasteiger partial charge in [-0.05, 0) is 42.5 Å². The molecule has 2 aromatic carbocycles. The second-order valence-corrected chi connectivity index (χ2v) is 11.0. The fraction of sp³-hybridized carbons (Fsp3) is 0.333. The Balaban J connectivity index is 1.86. The van der Waals surface area contributed by atoms with Gasteiger partial charge in [0.2, 0.25) is 0 Å². The first-order valence-electron chi connectivity index (χ1n) is 9.13. The average molecular weight is 492 g/mol. The van der Waals surface area contributed by atoms with Crippen LogP contribution in [0.4, 0.5) is 11.4 Å². The number of nitrogen functional groups attached to an aromatic ring is 2. The molecule has 10 nitrogen and oxygen atoms in total. The number of rotatable bonds is 13. The Bertz CT molecular complexity index is 1050. The molecule has 0 saturated carbocycles. The highest BCUT2D eigenvalue weighted by Crippen LogP contribution is 2.21. The van der Waals surface area contributed by atoms with E-state index in [0.29, 0.717) is 11.4 Å². The summed E-state index contributed by atoms with van der Waals surface area (Å²) in [5, 5.41) is 0. The topological polar surface area (TPSA) is 162 Å². The Kier molecular flexibility index (Phi) is 9.55. The molecule has 0 spiro atoms. The highest BCUT2D eigenvalue weighted by atomic mass is 32.2. The molecule has 172 valence electrons. The first-order valence-corrected chi connectivity index (χ1v) is 13.1. The Morgan fingerprint density at radius 1 is 0.903 bits per heavy atom. The molecule has 31 heavy (non-hydrogen) atoms. The Morgan fingerprint density at radius 2 is 1.58 bits per heavy atom. The zero-order valence-corrected chi connectivity index (χ0v) is 19.0. The van der Waals surface area contributed by atoms with E-state index in [1.807, 2.05) is 0 Å². The first kappa shape index (κ1) is 25.4. The van der Waals surface area contributed by atoms with Crippen LogP contribution >= 0.6 is 12.0 Å². The summed E-state index contributed by atoms with van der Waals surface area (Å²) in [6.45, 7) is 0.197. The van der Waals surface area contributed by atoms with Crippen molar-refractivity contribution >= 4 is 43.4 Å². The largest absolute Gasteiger partial charge is 0.399 e. The lowest BCUT2D eigenvalue weighted by Gasteiger charge is -2.21. The summed E-state index contributed by atoms with van der Waals surface area (Å²) >= 11 is 0.957. The lowest BCUT2D eigenvalue weighted by molar-refractivity contribution is -0.193. The highest BCUT2D eigenvalue weighted by Gasteiger charge is 2.18. The number of sulfone groups is 1. The van der Waals surface area contributed by atoms with E-state index in [1.54, 1.807) is 29.2 Å². The Morgan fingerprint density at radius 3 is 2.23 bits per heavy atom. The molecular formula is C18H25N3O7S3. The zero-order valence-electron chi connectivity index (χ0n) is 16.6. The molecule has 0 amide bonds. The maximum Gasteiger partial charge on any atom is 0.266 e. The summed E-state index contributed by atoms with van der Waals surface area (Å²) in [7, 11) is -7.80. The van der Waals surface area contributed by atoms with Crippen molar-refractivity contribution in [3.05, 3.63) is 48.5 Å². The molecule has 0 aliphatic carbocycles. The van der Waals surface area contributed by atoms with Crippen molar-refractivity contribution < 1.29 is 30.6 Å². The van der Waals surface area contributed by atoms with Gasteiger partial charge in [-0.1, -0.05) is 6.07 Å². The molecule has 0 radical (unpaired) electrons. The van der Waals surface area contributed by atoms with Crippen LogP contribution in [0, 0.1) is 0 Å². The number of anilines is 2. The van der Waals surface area contributed by atoms with E-state index >= 15 is 0 Å². The van der Waals surface area contributed by atoms with Crippen LogP contribution in [0.5, 0.6) is 0 Å². The van der Waals surface area contributed by atoms with Crippen LogP contribution < -0.4 is 11.5 Å². The van der Waals surface area contributed by atoms with Gasteiger partial charge in [0.1, 0.15) is 0 Å². The molecule has 0 saturated heterocycles. The highest BCUT2D eigenvalue weighted by molar-refractivity contribution is 7.94. The number of nitrogens with two attached hydrogens (primary N) is 2. The van der Waals surface area contributed by atoms with E-state index in [0.717, 1.165) is 16.9 Å². The average Bonchev–Trinajstić information content (AvgIpc) is 2.69. The molecule has 0 atom stereocenters. The summed E-state index contributed by atoms with van der Waals surface area (Å²) < 4.78 is 61.2. The number of nitrogens with zero attached hydrogens (tertiary/aromatic N) is 1. The molecule has 0 aromatic heterocycles. The molecule has 0 aliphatic heterocycles. The Hall–Kier alpha value is -1.87. The van der Waals surface area contributed by atoms with Crippen molar-refractivity contribution in [1.82, 2.24) is 4.90 Å². The SMILES string of the molecule is Nc1ccc(S(=O)(=O)CCN(CCOOSc2cccc(N)c2)CCS(=O)(=O)O)cc1. The van der Waals surface area contributed by atoms with Crippen LogP contribution in [0.2, 0.25) is 0 Å². The molecule has 0 fully saturated rings. The van der Waals surface area contributed by atoms with Crippen LogP contribution in [0.1, 0.15) is 0 Å². The van der Waals surface area contributed by atoms with E-state index < -0.39 is 25.7 Å². The fourth-order valence-electron chi connectivity index (χ4n) is 2.45. The monoisotopic (exact) mass is 491 g/mol. The third kappa shape index (κ3) is 9.86.